The molecule has 0 bridgehead atoms. The van der Waals surface area contributed by atoms with E-state index in [1.165, 1.54) is 18.6 Å². The third-order valence-electron chi connectivity index (χ3n) is 3.50. The first-order chi connectivity index (χ1) is 8.09. The largest absolute Gasteiger partial charge is 0.387 e. The van der Waals surface area contributed by atoms with Gasteiger partial charge >= 0.3 is 0 Å². The van der Waals surface area contributed by atoms with E-state index >= 15 is 0 Å². The second-order valence-electron chi connectivity index (χ2n) is 4.68. The SMILES string of the molecule is CN(CC(O)c1cccc(F)c1F)C1CCC1. The highest BCUT2D eigenvalue weighted by Crippen LogP contribution is 2.26. The molecule has 0 saturated heterocycles. The van der Waals surface area contributed by atoms with Crippen LogP contribution in [0.3, 0.4) is 0 Å². The standard InChI is InChI=1S/C13H17F2NO/c1-16(9-4-2-5-9)8-12(17)10-6-3-7-11(14)13(10)15/h3,6-7,9,12,17H,2,4-5,8H2,1H3. The number of rotatable bonds is 4. The molecular formula is C13H17F2NO. The van der Waals surface area contributed by atoms with Crippen molar-refractivity contribution in [3.05, 3.63) is 35.4 Å². The van der Waals surface area contributed by atoms with Crippen LogP contribution in [0.25, 0.3) is 0 Å². The van der Waals surface area contributed by atoms with Crippen molar-refractivity contribution in [3.63, 3.8) is 0 Å². The van der Waals surface area contributed by atoms with Gasteiger partial charge in [0.05, 0.1) is 6.10 Å². The van der Waals surface area contributed by atoms with Gasteiger partial charge in [0.1, 0.15) is 0 Å². The number of hydrogen-bond acceptors (Lipinski definition) is 2. The summed E-state index contributed by atoms with van der Waals surface area (Å²) in [7, 11) is 1.91. The van der Waals surface area contributed by atoms with Crippen LogP contribution in [-0.2, 0) is 0 Å². The minimum absolute atomic E-state index is 0.0381. The van der Waals surface area contributed by atoms with Crippen molar-refractivity contribution in [2.75, 3.05) is 13.6 Å². The minimum atomic E-state index is -0.976. The number of likely N-dealkylation sites (N-methyl/N-ethyl adjacent to an activating group) is 1. The third kappa shape index (κ3) is 2.64. The lowest BCUT2D eigenvalue weighted by Gasteiger charge is -2.35. The van der Waals surface area contributed by atoms with Gasteiger partial charge in [-0.25, -0.2) is 8.78 Å². The molecule has 1 fully saturated rings. The average molecular weight is 241 g/mol. The molecule has 17 heavy (non-hydrogen) atoms. The Balaban J connectivity index is 2.03. The van der Waals surface area contributed by atoms with Crippen molar-refractivity contribution in [3.8, 4) is 0 Å². The van der Waals surface area contributed by atoms with E-state index in [-0.39, 0.29) is 5.56 Å². The van der Waals surface area contributed by atoms with Gasteiger partial charge < -0.3 is 10.0 Å². The van der Waals surface area contributed by atoms with Gasteiger partial charge in [0.25, 0.3) is 0 Å². The number of benzene rings is 1. The van der Waals surface area contributed by atoms with Crippen LogP contribution in [0.15, 0.2) is 18.2 Å². The molecule has 0 radical (unpaired) electrons. The van der Waals surface area contributed by atoms with Crippen LogP contribution in [0.2, 0.25) is 0 Å². The van der Waals surface area contributed by atoms with E-state index in [0.29, 0.717) is 12.6 Å². The molecular weight excluding hydrogens is 224 g/mol. The summed E-state index contributed by atoms with van der Waals surface area (Å²) in [4.78, 5) is 2.01. The number of aliphatic hydroxyl groups is 1. The maximum Gasteiger partial charge on any atom is 0.164 e. The molecule has 1 unspecified atom stereocenters. The summed E-state index contributed by atoms with van der Waals surface area (Å²) >= 11 is 0. The highest BCUT2D eigenvalue weighted by Gasteiger charge is 2.25. The van der Waals surface area contributed by atoms with Gasteiger partial charge in [-0.1, -0.05) is 18.6 Å². The fourth-order valence-electron chi connectivity index (χ4n) is 2.13. The van der Waals surface area contributed by atoms with Crippen LogP contribution in [0, 0.1) is 11.6 Å². The quantitative estimate of drug-likeness (QED) is 0.875. The Morgan fingerprint density at radius 1 is 1.41 bits per heavy atom. The molecule has 0 aliphatic heterocycles. The Morgan fingerprint density at radius 2 is 2.12 bits per heavy atom. The van der Waals surface area contributed by atoms with Crippen molar-refractivity contribution >= 4 is 0 Å². The maximum atomic E-state index is 13.4. The predicted molar refractivity (Wildman–Crippen MR) is 61.6 cm³/mol. The van der Waals surface area contributed by atoms with E-state index < -0.39 is 17.7 Å². The van der Waals surface area contributed by atoms with Crippen molar-refractivity contribution in [1.82, 2.24) is 4.90 Å². The summed E-state index contributed by atoms with van der Waals surface area (Å²) in [5.74, 6) is -1.85. The molecule has 0 amide bonds. The first-order valence-electron chi connectivity index (χ1n) is 5.92. The van der Waals surface area contributed by atoms with Crippen LogP contribution >= 0.6 is 0 Å². The van der Waals surface area contributed by atoms with Crippen LogP contribution in [-0.4, -0.2) is 29.6 Å². The van der Waals surface area contributed by atoms with E-state index in [0.717, 1.165) is 18.9 Å². The third-order valence-corrected chi connectivity index (χ3v) is 3.50. The Hall–Kier alpha value is -1.00. The Labute approximate surface area is 99.9 Å². The summed E-state index contributed by atoms with van der Waals surface area (Å²) in [6.45, 7) is 0.338. The van der Waals surface area contributed by atoms with Gasteiger partial charge in [0, 0.05) is 18.2 Å². The lowest BCUT2D eigenvalue weighted by molar-refractivity contribution is 0.0753. The van der Waals surface area contributed by atoms with E-state index in [9.17, 15) is 13.9 Å². The number of nitrogens with zero attached hydrogens (tertiary/aromatic N) is 1. The number of aliphatic hydroxyl groups excluding tert-OH is 1. The summed E-state index contributed by atoms with van der Waals surface area (Å²) < 4.78 is 26.5. The van der Waals surface area contributed by atoms with Gasteiger partial charge in [0.15, 0.2) is 11.6 Å². The van der Waals surface area contributed by atoms with E-state index in [2.05, 4.69) is 0 Å². The molecule has 1 N–H and O–H groups in total. The predicted octanol–water partition coefficient (Wildman–Crippen LogP) is 2.48. The first kappa shape index (κ1) is 12.5. The molecule has 2 rings (SSSR count). The lowest BCUT2D eigenvalue weighted by Crippen LogP contribution is -2.39. The zero-order chi connectivity index (χ0) is 12.4. The molecule has 1 aliphatic rings. The first-order valence-corrected chi connectivity index (χ1v) is 5.92. The molecule has 0 heterocycles. The van der Waals surface area contributed by atoms with Gasteiger partial charge in [-0.2, -0.15) is 0 Å². The molecule has 0 aromatic heterocycles. The van der Waals surface area contributed by atoms with Crippen LogP contribution in [0.4, 0.5) is 8.78 Å². The zero-order valence-electron chi connectivity index (χ0n) is 9.87. The molecule has 2 nitrogen and oxygen atoms in total. The van der Waals surface area contributed by atoms with Crippen LogP contribution < -0.4 is 0 Å². The van der Waals surface area contributed by atoms with Gasteiger partial charge in [-0.05, 0) is 26.0 Å². The molecule has 1 aliphatic carbocycles. The van der Waals surface area contributed by atoms with Gasteiger partial charge in [0.2, 0.25) is 0 Å². The molecule has 4 heteroatoms. The van der Waals surface area contributed by atoms with Crippen LogP contribution in [0.1, 0.15) is 30.9 Å². The molecule has 0 spiro atoms. The summed E-state index contributed by atoms with van der Waals surface area (Å²) in [5.41, 5.74) is 0.0381. The topological polar surface area (TPSA) is 23.5 Å². The fraction of sp³-hybridized carbons (Fsp3) is 0.538. The van der Waals surface area contributed by atoms with Crippen molar-refractivity contribution in [2.24, 2.45) is 0 Å². The minimum Gasteiger partial charge on any atom is -0.387 e. The zero-order valence-corrected chi connectivity index (χ0v) is 9.87. The molecule has 94 valence electrons. The second kappa shape index (κ2) is 5.10. The van der Waals surface area contributed by atoms with E-state index in [1.807, 2.05) is 11.9 Å². The normalized spacial score (nSPS) is 18.2. The van der Waals surface area contributed by atoms with Crippen molar-refractivity contribution < 1.29 is 13.9 Å². The Morgan fingerprint density at radius 3 is 2.71 bits per heavy atom. The van der Waals surface area contributed by atoms with Gasteiger partial charge in [-0.15, -0.1) is 0 Å². The molecule has 1 saturated carbocycles. The lowest BCUT2D eigenvalue weighted by atomic mass is 9.91. The molecule has 1 aromatic carbocycles. The number of halogens is 2. The van der Waals surface area contributed by atoms with E-state index in [1.54, 1.807) is 0 Å². The van der Waals surface area contributed by atoms with E-state index in [4.69, 9.17) is 0 Å². The molecule has 1 atom stereocenters. The average Bonchev–Trinajstić information content (AvgIpc) is 2.19. The Bertz CT molecular complexity index is 393. The summed E-state index contributed by atoms with van der Waals surface area (Å²) in [5, 5.41) is 9.92. The highest BCUT2D eigenvalue weighted by atomic mass is 19.2. The second-order valence-corrected chi connectivity index (χ2v) is 4.68. The Kier molecular flexibility index (Phi) is 3.74. The maximum absolute atomic E-state index is 13.4. The number of hydrogen-bond donors (Lipinski definition) is 1. The fourth-order valence-corrected chi connectivity index (χ4v) is 2.13. The van der Waals surface area contributed by atoms with Crippen LogP contribution in [0.5, 0.6) is 0 Å². The van der Waals surface area contributed by atoms with Crippen molar-refractivity contribution in [2.45, 2.75) is 31.4 Å². The monoisotopic (exact) mass is 241 g/mol. The summed E-state index contributed by atoms with van der Waals surface area (Å²) in [6.07, 6.45) is 2.47. The highest BCUT2D eigenvalue weighted by molar-refractivity contribution is 5.21. The smallest absolute Gasteiger partial charge is 0.164 e. The molecule has 1 aromatic rings. The summed E-state index contributed by atoms with van der Waals surface area (Å²) in [6, 6.07) is 4.38. The van der Waals surface area contributed by atoms with Crippen molar-refractivity contribution in [1.29, 1.82) is 0 Å². The van der Waals surface area contributed by atoms with Gasteiger partial charge in [-0.3, -0.25) is 0 Å².